The van der Waals surface area contributed by atoms with Gasteiger partial charge in [-0.15, -0.1) is 0 Å². The van der Waals surface area contributed by atoms with Crippen LogP contribution in [0.3, 0.4) is 0 Å². The topological polar surface area (TPSA) is 83.8 Å². The van der Waals surface area contributed by atoms with Gasteiger partial charge < -0.3 is 9.51 Å². The van der Waals surface area contributed by atoms with Crippen molar-refractivity contribution >= 4 is 46.2 Å². The highest BCUT2D eigenvalue weighted by molar-refractivity contribution is 7.99. The number of nitrogens with zero attached hydrogens (tertiary/aromatic N) is 2. The number of hydrogen-bond acceptors (Lipinski definition) is 5. The maximum Gasteiger partial charge on any atom is 0.237 e. The van der Waals surface area contributed by atoms with Gasteiger partial charge >= 0.3 is 0 Å². The molecule has 6 nitrogen and oxygen atoms in total. The van der Waals surface area contributed by atoms with Gasteiger partial charge in [-0.25, -0.2) is 4.98 Å². The summed E-state index contributed by atoms with van der Waals surface area (Å²) >= 11 is 7.24. The fourth-order valence-corrected chi connectivity index (χ4v) is 2.81. The lowest BCUT2D eigenvalue weighted by atomic mass is 10.1. The zero-order chi connectivity index (χ0) is 16.4. The summed E-state index contributed by atoms with van der Waals surface area (Å²) in [4.78, 5) is 19.5. The molecule has 0 atom stereocenters. The SMILES string of the molecule is CC(C)c1cc(NC(=O)CSc2nc3ccc(Cl)cc3[nH]2)on1. The van der Waals surface area contributed by atoms with E-state index in [1.165, 1.54) is 11.8 Å². The first-order valence-electron chi connectivity index (χ1n) is 7.06. The average Bonchev–Trinajstić information content (AvgIpc) is 3.11. The van der Waals surface area contributed by atoms with Gasteiger partial charge in [0.25, 0.3) is 0 Å². The molecule has 1 aromatic carbocycles. The third-order valence-electron chi connectivity index (χ3n) is 3.14. The van der Waals surface area contributed by atoms with Crippen molar-refractivity contribution in [1.29, 1.82) is 0 Å². The number of imidazole rings is 1. The monoisotopic (exact) mass is 350 g/mol. The third kappa shape index (κ3) is 3.86. The van der Waals surface area contributed by atoms with Gasteiger partial charge in [-0.05, 0) is 24.1 Å². The molecule has 0 bridgehead atoms. The van der Waals surface area contributed by atoms with Gasteiger partial charge in [-0.1, -0.05) is 42.4 Å². The molecule has 0 aliphatic carbocycles. The van der Waals surface area contributed by atoms with Crippen LogP contribution in [0.2, 0.25) is 5.02 Å². The number of carbonyl (C=O) groups is 1. The summed E-state index contributed by atoms with van der Waals surface area (Å²) < 4.78 is 5.08. The van der Waals surface area contributed by atoms with E-state index in [4.69, 9.17) is 16.1 Å². The molecule has 1 amide bonds. The first-order valence-corrected chi connectivity index (χ1v) is 8.42. The molecule has 0 fully saturated rings. The maximum absolute atomic E-state index is 12.0. The second-order valence-electron chi connectivity index (χ2n) is 5.31. The Morgan fingerprint density at radius 3 is 3.00 bits per heavy atom. The lowest BCUT2D eigenvalue weighted by Gasteiger charge is -1.99. The van der Waals surface area contributed by atoms with Gasteiger partial charge in [-0.3, -0.25) is 10.1 Å². The van der Waals surface area contributed by atoms with Crippen molar-refractivity contribution in [3.63, 3.8) is 0 Å². The Labute approximate surface area is 142 Å². The fraction of sp³-hybridized carbons (Fsp3) is 0.267. The number of thioether (sulfide) groups is 1. The van der Waals surface area contributed by atoms with Crippen LogP contribution in [0.25, 0.3) is 11.0 Å². The van der Waals surface area contributed by atoms with E-state index in [2.05, 4.69) is 20.4 Å². The summed E-state index contributed by atoms with van der Waals surface area (Å²) in [6.45, 7) is 4.01. The summed E-state index contributed by atoms with van der Waals surface area (Å²) in [6.07, 6.45) is 0. The fourth-order valence-electron chi connectivity index (χ4n) is 1.95. The van der Waals surface area contributed by atoms with E-state index in [0.717, 1.165) is 16.7 Å². The molecule has 23 heavy (non-hydrogen) atoms. The van der Waals surface area contributed by atoms with Crippen molar-refractivity contribution in [2.45, 2.75) is 24.9 Å². The van der Waals surface area contributed by atoms with Crippen LogP contribution in [0.15, 0.2) is 33.9 Å². The Bertz CT molecular complexity index is 843. The normalized spacial score (nSPS) is 11.3. The van der Waals surface area contributed by atoms with Crippen molar-refractivity contribution < 1.29 is 9.32 Å². The second-order valence-corrected chi connectivity index (χ2v) is 6.71. The van der Waals surface area contributed by atoms with E-state index < -0.39 is 0 Å². The third-order valence-corrected chi connectivity index (χ3v) is 4.25. The van der Waals surface area contributed by atoms with E-state index in [9.17, 15) is 4.79 Å². The molecule has 0 saturated carbocycles. The van der Waals surface area contributed by atoms with Crippen molar-refractivity contribution in [2.75, 3.05) is 11.1 Å². The van der Waals surface area contributed by atoms with Gasteiger partial charge in [0.1, 0.15) is 0 Å². The molecule has 0 unspecified atom stereocenters. The number of carbonyl (C=O) groups excluding carboxylic acids is 1. The molecule has 0 saturated heterocycles. The first kappa shape index (κ1) is 15.9. The van der Waals surface area contributed by atoms with Crippen LogP contribution in [-0.2, 0) is 4.79 Å². The van der Waals surface area contributed by atoms with Gasteiger partial charge in [0.2, 0.25) is 11.8 Å². The molecule has 0 spiro atoms. The zero-order valence-electron chi connectivity index (χ0n) is 12.6. The van der Waals surface area contributed by atoms with Crippen LogP contribution in [-0.4, -0.2) is 26.8 Å². The molecular weight excluding hydrogens is 336 g/mol. The largest absolute Gasteiger partial charge is 0.338 e. The number of amides is 1. The predicted octanol–water partition coefficient (Wildman–Crippen LogP) is 4.06. The number of H-pyrrole nitrogens is 1. The predicted molar refractivity (Wildman–Crippen MR) is 91.0 cm³/mol. The number of nitrogens with one attached hydrogen (secondary N) is 2. The Morgan fingerprint density at radius 1 is 1.43 bits per heavy atom. The molecule has 8 heteroatoms. The van der Waals surface area contributed by atoms with Gasteiger partial charge in [0, 0.05) is 11.1 Å². The summed E-state index contributed by atoms with van der Waals surface area (Å²) in [5.41, 5.74) is 2.47. The number of aromatic nitrogens is 3. The van der Waals surface area contributed by atoms with Crippen molar-refractivity contribution in [2.24, 2.45) is 0 Å². The molecule has 0 radical (unpaired) electrons. The smallest absolute Gasteiger partial charge is 0.237 e. The highest BCUT2D eigenvalue weighted by Gasteiger charge is 2.12. The zero-order valence-corrected chi connectivity index (χ0v) is 14.2. The summed E-state index contributed by atoms with van der Waals surface area (Å²) in [5.74, 6) is 0.641. The molecule has 3 rings (SSSR count). The van der Waals surface area contributed by atoms with E-state index in [0.29, 0.717) is 16.1 Å². The standard InChI is InChI=1S/C15H15ClN4O2S/c1-8(2)11-6-14(22-20-11)19-13(21)7-23-15-17-10-4-3-9(16)5-12(10)18-15/h3-6,8H,7H2,1-2H3,(H,17,18)(H,19,21). The van der Waals surface area contributed by atoms with Gasteiger partial charge in [0.05, 0.1) is 22.5 Å². The minimum absolute atomic E-state index is 0.181. The highest BCUT2D eigenvalue weighted by Crippen LogP contribution is 2.23. The lowest BCUT2D eigenvalue weighted by Crippen LogP contribution is -2.13. The first-order chi connectivity index (χ1) is 11.0. The van der Waals surface area contributed by atoms with E-state index in [1.54, 1.807) is 18.2 Å². The Hall–Kier alpha value is -1.99. The second kappa shape index (κ2) is 6.64. The highest BCUT2D eigenvalue weighted by atomic mass is 35.5. The van der Waals surface area contributed by atoms with Crippen LogP contribution in [0.1, 0.15) is 25.5 Å². The summed E-state index contributed by atoms with van der Waals surface area (Å²) in [6, 6.07) is 7.15. The molecular formula is C15H15ClN4O2S. The quantitative estimate of drug-likeness (QED) is 0.678. The summed E-state index contributed by atoms with van der Waals surface area (Å²) in [5, 5.41) is 7.88. The molecule has 2 aromatic heterocycles. The van der Waals surface area contributed by atoms with Crippen molar-refractivity contribution in [3.8, 4) is 0 Å². The maximum atomic E-state index is 12.0. The summed E-state index contributed by atoms with van der Waals surface area (Å²) in [7, 11) is 0. The lowest BCUT2D eigenvalue weighted by molar-refractivity contribution is -0.113. The minimum atomic E-state index is -0.181. The Balaban J connectivity index is 1.59. The molecule has 120 valence electrons. The number of halogens is 1. The molecule has 2 N–H and O–H groups in total. The Kier molecular flexibility index (Phi) is 4.58. The van der Waals surface area contributed by atoms with Crippen molar-refractivity contribution in [3.05, 3.63) is 35.0 Å². The van der Waals surface area contributed by atoms with E-state index in [-0.39, 0.29) is 17.6 Å². The van der Waals surface area contributed by atoms with Gasteiger partial charge in [-0.2, -0.15) is 0 Å². The van der Waals surface area contributed by atoms with Crippen LogP contribution in [0.5, 0.6) is 0 Å². The van der Waals surface area contributed by atoms with Crippen LogP contribution in [0, 0.1) is 0 Å². The molecule has 2 heterocycles. The van der Waals surface area contributed by atoms with E-state index in [1.807, 2.05) is 19.9 Å². The Morgan fingerprint density at radius 2 is 2.26 bits per heavy atom. The molecule has 3 aromatic rings. The van der Waals surface area contributed by atoms with Crippen LogP contribution < -0.4 is 5.32 Å². The number of rotatable bonds is 5. The van der Waals surface area contributed by atoms with Gasteiger partial charge in [0.15, 0.2) is 5.16 Å². The number of fused-ring (bicyclic) bond motifs is 1. The number of aromatic amines is 1. The van der Waals surface area contributed by atoms with E-state index >= 15 is 0 Å². The van der Waals surface area contributed by atoms with Crippen LogP contribution in [0.4, 0.5) is 5.88 Å². The van der Waals surface area contributed by atoms with Crippen molar-refractivity contribution in [1.82, 2.24) is 15.1 Å². The average molecular weight is 351 g/mol. The minimum Gasteiger partial charge on any atom is -0.338 e. The molecule has 0 aliphatic heterocycles. The number of anilines is 1. The van der Waals surface area contributed by atoms with Crippen LogP contribution >= 0.6 is 23.4 Å². The molecule has 0 aliphatic rings. The number of hydrogen-bond donors (Lipinski definition) is 2. The number of benzene rings is 1.